The Morgan fingerprint density at radius 1 is 0.963 bits per heavy atom. The molecule has 0 aliphatic heterocycles. The fraction of sp³-hybridized carbons (Fsp3) is 0.261. The number of likely N-dealkylation sites (N-methyl/N-ethyl adjacent to an activating group) is 1. The van der Waals surface area contributed by atoms with Crippen molar-refractivity contribution < 1.29 is 9.53 Å². The van der Waals surface area contributed by atoms with E-state index in [1.54, 1.807) is 7.11 Å². The van der Waals surface area contributed by atoms with Gasteiger partial charge in [0.15, 0.2) is 0 Å². The van der Waals surface area contributed by atoms with Crippen LogP contribution >= 0.6 is 0 Å². The number of amides is 1. The number of carbonyl (C=O) groups excluding carboxylic acids is 1. The molecule has 0 heterocycles. The first-order chi connectivity index (χ1) is 13.1. The lowest BCUT2D eigenvalue weighted by atomic mass is 10.1. The number of benzene rings is 3. The van der Waals surface area contributed by atoms with Gasteiger partial charge in [-0.15, -0.1) is 0 Å². The Morgan fingerprint density at radius 3 is 2.48 bits per heavy atom. The first kappa shape index (κ1) is 18.9. The Morgan fingerprint density at radius 2 is 1.70 bits per heavy atom. The molecular formula is C23H26N2O2. The maximum Gasteiger partial charge on any atom is 0.234 e. The van der Waals surface area contributed by atoms with Crippen LogP contribution in [0.5, 0.6) is 5.75 Å². The zero-order chi connectivity index (χ0) is 19.1. The van der Waals surface area contributed by atoms with Crippen LogP contribution in [0.15, 0.2) is 66.7 Å². The summed E-state index contributed by atoms with van der Waals surface area (Å²) in [6.45, 7) is 1.78. The third-order valence-electron chi connectivity index (χ3n) is 4.56. The summed E-state index contributed by atoms with van der Waals surface area (Å²) in [5, 5.41) is 5.32. The Hall–Kier alpha value is -2.85. The fourth-order valence-corrected chi connectivity index (χ4v) is 3.16. The van der Waals surface area contributed by atoms with E-state index in [-0.39, 0.29) is 5.91 Å². The third-order valence-corrected chi connectivity index (χ3v) is 4.56. The zero-order valence-corrected chi connectivity index (χ0v) is 15.9. The van der Waals surface area contributed by atoms with Crippen molar-refractivity contribution in [1.29, 1.82) is 0 Å². The number of hydrogen-bond acceptors (Lipinski definition) is 3. The number of ether oxygens (including phenoxy) is 1. The zero-order valence-electron chi connectivity index (χ0n) is 15.9. The topological polar surface area (TPSA) is 41.6 Å². The molecule has 3 rings (SSSR count). The van der Waals surface area contributed by atoms with Crippen LogP contribution in [0, 0.1) is 0 Å². The predicted octanol–water partition coefficient (Wildman–Crippen LogP) is 3.64. The molecular weight excluding hydrogens is 336 g/mol. The average molecular weight is 362 g/mol. The second-order valence-corrected chi connectivity index (χ2v) is 6.81. The van der Waals surface area contributed by atoms with Crippen LogP contribution < -0.4 is 10.1 Å². The van der Waals surface area contributed by atoms with Gasteiger partial charge in [0.2, 0.25) is 5.91 Å². The Bertz CT molecular complexity index is 893. The molecule has 0 fully saturated rings. The maximum atomic E-state index is 12.2. The number of hydrogen-bond donors (Lipinski definition) is 1. The number of nitrogens with zero attached hydrogens (tertiary/aromatic N) is 1. The van der Waals surface area contributed by atoms with Crippen molar-refractivity contribution in [2.75, 3.05) is 27.2 Å². The third kappa shape index (κ3) is 5.56. The number of carbonyl (C=O) groups is 1. The van der Waals surface area contributed by atoms with Crippen LogP contribution in [0.4, 0.5) is 0 Å². The molecule has 0 radical (unpaired) electrons. The Kier molecular flexibility index (Phi) is 6.44. The second kappa shape index (κ2) is 9.19. The molecule has 4 heteroatoms. The minimum atomic E-state index is 0.0546. The van der Waals surface area contributed by atoms with E-state index in [1.807, 2.05) is 42.3 Å². The summed E-state index contributed by atoms with van der Waals surface area (Å²) in [5.41, 5.74) is 2.42. The molecule has 0 spiro atoms. The Balaban J connectivity index is 1.48. The summed E-state index contributed by atoms with van der Waals surface area (Å²) < 4.78 is 5.27. The molecule has 0 aromatic heterocycles. The summed E-state index contributed by atoms with van der Waals surface area (Å²) in [5.74, 6) is 0.915. The van der Waals surface area contributed by atoms with E-state index in [0.717, 1.165) is 24.1 Å². The number of rotatable bonds is 8. The largest absolute Gasteiger partial charge is 0.497 e. The summed E-state index contributed by atoms with van der Waals surface area (Å²) in [6, 6.07) is 22.6. The molecule has 3 aromatic rings. The van der Waals surface area contributed by atoms with Gasteiger partial charge in [0.05, 0.1) is 13.7 Å². The van der Waals surface area contributed by atoms with Gasteiger partial charge in [0, 0.05) is 13.1 Å². The van der Waals surface area contributed by atoms with Crippen LogP contribution in [0.2, 0.25) is 0 Å². The lowest BCUT2D eigenvalue weighted by Gasteiger charge is -2.17. The summed E-state index contributed by atoms with van der Waals surface area (Å²) >= 11 is 0. The van der Waals surface area contributed by atoms with Crippen molar-refractivity contribution in [3.63, 3.8) is 0 Å². The van der Waals surface area contributed by atoms with E-state index >= 15 is 0 Å². The summed E-state index contributed by atoms with van der Waals surface area (Å²) in [7, 11) is 3.64. The van der Waals surface area contributed by atoms with Gasteiger partial charge in [-0.1, -0.05) is 48.5 Å². The standard InChI is InChI=1S/C23H26N2O2/c1-25(17-23(26)24-13-12-18-6-4-3-5-7-18)16-19-8-9-21-15-22(27-2)11-10-20(21)14-19/h3-11,14-15H,12-13,16-17H2,1-2H3,(H,24,26). The maximum absolute atomic E-state index is 12.2. The monoisotopic (exact) mass is 362 g/mol. The van der Waals surface area contributed by atoms with Crippen LogP contribution in [0.25, 0.3) is 10.8 Å². The highest BCUT2D eigenvalue weighted by molar-refractivity contribution is 5.84. The summed E-state index contributed by atoms with van der Waals surface area (Å²) in [4.78, 5) is 14.2. The average Bonchev–Trinajstić information content (AvgIpc) is 2.68. The highest BCUT2D eigenvalue weighted by atomic mass is 16.5. The quantitative estimate of drug-likeness (QED) is 0.665. The van der Waals surface area contributed by atoms with Gasteiger partial charge in [-0.3, -0.25) is 9.69 Å². The number of fused-ring (bicyclic) bond motifs is 1. The highest BCUT2D eigenvalue weighted by Gasteiger charge is 2.08. The van der Waals surface area contributed by atoms with Crippen LogP contribution in [-0.4, -0.2) is 38.1 Å². The Labute approximate surface area is 160 Å². The van der Waals surface area contributed by atoms with Gasteiger partial charge in [-0.25, -0.2) is 0 Å². The molecule has 1 amide bonds. The van der Waals surface area contributed by atoms with E-state index in [4.69, 9.17) is 4.74 Å². The number of nitrogens with one attached hydrogen (secondary N) is 1. The minimum Gasteiger partial charge on any atom is -0.497 e. The van der Waals surface area contributed by atoms with Gasteiger partial charge in [0.1, 0.15) is 5.75 Å². The molecule has 0 unspecified atom stereocenters. The molecule has 140 valence electrons. The molecule has 3 aromatic carbocycles. The van der Waals surface area contributed by atoms with Crippen LogP contribution in [0.3, 0.4) is 0 Å². The van der Waals surface area contributed by atoms with Crippen LogP contribution in [-0.2, 0) is 17.8 Å². The van der Waals surface area contributed by atoms with Crippen molar-refractivity contribution in [2.24, 2.45) is 0 Å². The normalized spacial score (nSPS) is 10.9. The molecule has 0 saturated carbocycles. The molecule has 0 atom stereocenters. The van der Waals surface area contributed by atoms with E-state index in [0.29, 0.717) is 13.1 Å². The van der Waals surface area contributed by atoms with Gasteiger partial charge >= 0.3 is 0 Å². The first-order valence-electron chi connectivity index (χ1n) is 9.20. The molecule has 0 saturated heterocycles. The predicted molar refractivity (Wildman–Crippen MR) is 110 cm³/mol. The molecule has 27 heavy (non-hydrogen) atoms. The first-order valence-corrected chi connectivity index (χ1v) is 9.20. The summed E-state index contributed by atoms with van der Waals surface area (Å²) in [6.07, 6.45) is 0.852. The molecule has 0 bridgehead atoms. The van der Waals surface area contributed by atoms with Crippen molar-refractivity contribution in [1.82, 2.24) is 10.2 Å². The van der Waals surface area contributed by atoms with Gasteiger partial charge in [-0.05, 0) is 53.6 Å². The minimum absolute atomic E-state index is 0.0546. The molecule has 4 nitrogen and oxygen atoms in total. The van der Waals surface area contributed by atoms with Crippen molar-refractivity contribution in [2.45, 2.75) is 13.0 Å². The van der Waals surface area contributed by atoms with Gasteiger partial charge in [-0.2, -0.15) is 0 Å². The molecule has 1 N–H and O–H groups in total. The SMILES string of the molecule is COc1ccc2cc(CN(C)CC(=O)NCCc3ccccc3)ccc2c1. The lowest BCUT2D eigenvalue weighted by Crippen LogP contribution is -2.35. The molecule has 0 aliphatic rings. The smallest absolute Gasteiger partial charge is 0.234 e. The molecule has 0 aliphatic carbocycles. The lowest BCUT2D eigenvalue weighted by molar-refractivity contribution is -0.122. The van der Waals surface area contributed by atoms with Crippen molar-refractivity contribution in [3.05, 3.63) is 77.9 Å². The van der Waals surface area contributed by atoms with Gasteiger partial charge < -0.3 is 10.1 Å². The van der Waals surface area contributed by atoms with Crippen molar-refractivity contribution in [3.8, 4) is 5.75 Å². The van der Waals surface area contributed by atoms with Crippen LogP contribution in [0.1, 0.15) is 11.1 Å². The van der Waals surface area contributed by atoms with E-state index < -0.39 is 0 Å². The number of methoxy groups -OCH3 is 1. The van der Waals surface area contributed by atoms with E-state index in [2.05, 4.69) is 41.7 Å². The van der Waals surface area contributed by atoms with E-state index in [9.17, 15) is 4.79 Å². The highest BCUT2D eigenvalue weighted by Crippen LogP contribution is 2.22. The van der Waals surface area contributed by atoms with E-state index in [1.165, 1.54) is 16.5 Å². The van der Waals surface area contributed by atoms with Gasteiger partial charge in [0.25, 0.3) is 0 Å². The van der Waals surface area contributed by atoms with Crippen molar-refractivity contribution >= 4 is 16.7 Å². The fourth-order valence-electron chi connectivity index (χ4n) is 3.16. The second-order valence-electron chi connectivity index (χ2n) is 6.81.